The SMILES string of the molecule is COc1cccc(SCC(=O)Nc2cc(Cl)cc(Cl)c2C(=O)O)c1. The van der Waals surface area contributed by atoms with Crippen LogP contribution < -0.4 is 10.1 Å². The lowest BCUT2D eigenvalue weighted by atomic mass is 10.1. The molecule has 0 unspecified atom stereocenters. The van der Waals surface area contributed by atoms with Crippen molar-refractivity contribution in [1.29, 1.82) is 0 Å². The van der Waals surface area contributed by atoms with Crippen molar-refractivity contribution < 1.29 is 19.4 Å². The lowest BCUT2D eigenvalue weighted by Gasteiger charge is -2.11. The minimum atomic E-state index is -1.24. The van der Waals surface area contributed by atoms with Crippen molar-refractivity contribution in [2.24, 2.45) is 0 Å². The predicted octanol–water partition coefficient (Wildman–Crippen LogP) is 4.43. The predicted molar refractivity (Wildman–Crippen MR) is 95.8 cm³/mol. The van der Waals surface area contributed by atoms with Crippen LogP contribution >= 0.6 is 35.0 Å². The minimum Gasteiger partial charge on any atom is -0.497 e. The second kappa shape index (κ2) is 8.28. The Balaban J connectivity index is 2.08. The van der Waals surface area contributed by atoms with Gasteiger partial charge in [-0.15, -0.1) is 11.8 Å². The number of hydrogen-bond donors (Lipinski definition) is 2. The summed E-state index contributed by atoms with van der Waals surface area (Å²) in [6.07, 6.45) is 0. The molecule has 0 aliphatic carbocycles. The van der Waals surface area contributed by atoms with Crippen LogP contribution in [0.25, 0.3) is 0 Å². The van der Waals surface area contributed by atoms with Gasteiger partial charge in [0.25, 0.3) is 0 Å². The number of aromatic carboxylic acids is 1. The van der Waals surface area contributed by atoms with E-state index in [0.29, 0.717) is 5.75 Å². The number of methoxy groups -OCH3 is 1. The zero-order chi connectivity index (χ0) is 17.7. The summed E-state index contributed by atoms with van der Waals surface area (Å²) in [4.78, 5) is 24.2. The number of benzene rings is 2. The molecule has 2 aromatic rings. The number of rotatable bonds is 6. The molecule has 0 bridgehead atoms. The van der Waals surface area contributed by atoms with Gasteiger partial charge in [0.1, 0.15) is 11.3 Å². The summed E-state index contributed by atoms with van der Waals surface area (Å²) in [5.41, 5.74) is -0.128. The molecule has 0 heterocycles. The third kappa shape index (κ3) is 4.80. The normalized spacial score (nSPS) is 10.3. The van der Waals surface area contributed by atoms with Crippen molar-refractivity contribution in [1.82, 2.24) is 0 Å². The number of carboxylic acids is 1. The molecule has 2 N–H and O–H groups in total. The van der Waals surface area contributed by atoms with Gasteiger partial charge in [-0.25, -0.2) is 4.79 Å². The number of halogens is 2. The number of carbonyl (C=O) groups is 2. The summed E-state index contributed by atoms with van der Waals surface area (Å²) in [5, 5.41) is 12.0. The molecule has 24 heavy (non-hydrogen) atoms. The molecule has 2 rings (SSSR count). The number of anilines is 1. The Morgan fingerprint density at radius 1 is 1.25 bits per heavy atom. The third-order valence-corrected chi connectivity index (χ3v) is 4.46. The van der Waals surface area contributed by atoms with Crippen molar-refractivity contribution in [3.63, 3.8) is 0 Å². The van der Waals surface area contributed by atoms with E-state index in [1.807, 2.05) is 12.1 Å². The number of amides is 1. The van der Waals surface area contributed by atoms with Gasteiger partial charge in [-0.1, -0.05) is 29.3 Å². The highest BCUT2D eigenvalue weighted by molar-refractivity contribution is 8.00. The summed E-state index contributed by atoms with van der Waals surface area (Å²) < 4.78 is 5.12. The average molecular weight is 386 g/mol. The molecule has 0 fully saturated rings. The molecule has 0 saturated carbocycles. The van der Waals surface area contributed by atoms with Crippen LogP contribution in [0, 0.1) is 0 Å². The summed E-state index contributed by atoms with van der Waals surface area (Å²) in [7, 11) is 1.56. The summed E-state index contributed by atoms with van der Waals surface area (Å²) in [6.45, 7) is 0. The molecule has 8 heteroatoms. The van der Waals surface area contributed by atoms with E-state index in [4.69, 9.17) is 27.9 Å². The zero-order valence-corrected chi connectivity index (χ0v) is 14.8. The van der Waals surface area contributed by atoms with Gasteiger partial charge in [-0.05, 0) is 30.3 Å². The first-order valence-corrected chi connectivity index (χ1v) is 8.44. The minimum absolute atomic E-state index is 0.0363. The van der Waals surface area contributed by atoms with Gasteiger partial charge in [0.2, 0.25) is 5.91 Å². The standard InChI is InChI=1S/C16H13Cl2NO4S/c1-23-10-3-2-4-11(7-10)24-8-14(20)19-13-6-9(17)5-12(18)15(13)16(21)22/h2-7H,8H2,1H3,(H,19,20)(H,21,22). The highest BCUT2D eigenvalue weighted by Gasteiger charge is 2.18. The maximum Gasteiger partial charge on any atom is 0.339 e. The van der Waals surface area contributed by atoms with E-state index >= 15 is 0 Å². The fraction of sp³-hybridized carbons (Fsp3) is 0.125. The monoisotopic (exact) mass is 385 g/mol. The first-order chi connectivity index (χ1) is 11.4. The van der Waals surface area contributed by atoms with Crippen LogP contribution in [0.3, 0.4) is 0 Å². The van der Waals surface area contributed by atoms with Crippen LogP contribution in [0.1, 0.15) is 10.4 Å². The Bertz CT molecular complexity index is 783. The number of ether oxygens (including phenoxy) is 1. The van der Waals surface area contributed by atoms with E-state index < -0.39 is 5.97 Å². The molecule has 126 valence electrons. The van der Waals surface area contributed by atoms with Crippen LogP contribution in [0.15, 0.2) is 41.3 Å². The van der Waals surface area contributed by atoms with Crippen LogP contribution in [-0.2, 0) is 4.79 Å². The Kier molecular flexibility index (Phi) is 6.36. The molecule has 0 aliphatic rings. The van der Waals surface area contributed by atoms with Crippen molar-refractivity contribution in [2.45, 2.75) is 4.90 Å². The van der Waals surface area contributed by atoms with Gasteiger partial charge in [0.15, 0.2) is 0 Å². The molecule has 0 aromatic heterocycles. The third-order valence-electron chi connectivity index (χ3n) is 2.95. The molecule has 5 nitrogen and oxygen atoms in total. The van der Waals surface area contributed by atoms with E-state index in [1.54, 1.807) is 19.2 Å². The van der Waals surface area contributed by atoms with E-state index in [1.165, 1.54) is 23.9 Å². The Morgan fingerprint density at radius 2 is 2.00 bits per heavy atom. The number of thioether (sulfide) groups is 1. The van der Waals surface area contributed by atoms with Crippen LogP contribution in [0.2, 0.25) is 10.0 Å². The number of carboxylic acid groups (broad SMARTS) is 1. The van der Waals surface area contributed by atoms with Gasteiger partial charge < -0.3 is 15.2 Å². The first-order valence-electron chi connectivity index (χ1n) is 6.69. The quantitative estimate of drug-likeness (QED) is 0.719. The second-order valence-electron chi connectivity index (χ2n) is 4.63. The second-order valence-corrected chi connectivity index (χ2v) is 6.52. The molecular formula is C16H13Cl2NO4S. The lowest BCUT2D eigenvalue weighted by Crippen LogP contribution is -2.17. The van der Waals surface area contributed by atoms with Gasteiger partial charge in [0, 0.05) is 9.92 Å². The summed E-state index contributed by atoms with van der Waals surface area (Å²) >= 11 is 13.0. The topological polar surface area (TPSA) is 75.6 Å². The average Bonchev–Trinajstić information content (AvgIpc) is 2.52. The van der Waals surface area contributed by atoms with Crippen molar-refractivity contribution in [3.8, 4) is 5.75 Å². The lowest BCUT2D eigenvalue weighted by molar-refractivity contribution is -0.113. The number of hydrogen-bond acceptors (Lipinski definition) is 4. The van der Waals surface area contributed by atoms with Gasteiger partial charge >= 0.3 is 5.97 Å². The maximum atomic E-state index is 12.1. The van der Waals surface area contributed by atoms with Gasteiger partial charge in [0.05, 0.1) is 23.6 Å². The molecule has 0 atom stereocenters. The van der Waals surface area contributed by atoms with E-state index in [2.05, 4.69) is 5.32 Å². The van der Waals surface area contributed by atoms with E-state index in [9.17, 15) is 14.7 Å². The highest BCUT2D eigenvalue weighted by Crippen LogP contribution is 2.30. The molecule has 0 spiro atoms. The largest absolute Gasteiger partial charge is 0.497 e. The summed E-state index contributed by atoms with van der Waals surface area (Å²) in [5.74, 6) is -0.831. The smallest absolute Gasteiger partial charge is 0.339 e. The summed E-state index contributed by atoms with van der Waals surface area (Å²) in [6, 6.07) is 9.93. The van der Waals surface area contributed by atoms with Gasteiger partial charge in [-0.2, -0.15) is 0 Å². The molecule has 0 aliphatic heterocycles. The van der Waals surface area contributed by atoms with Crippen molar-refractivity contribution in [2.75, 3.05) is 18.2 Å². The number of nitrogens with one attached hydrogen (secondary N) is 1. The fourth-order valence-corrected chi connectivity index (χ4v) is 3.23. The first kappa shape index (κ1) is 18.4. The van der Waals surface area contributed by atoms with Crippen LogP contribution in [-0.4, -0.2) is 29.8 Å². The van der Waals surface area contributed by atoms with E-state index in [0.717, 1.165) is 4.90 Å². The Morgan fingerprint density at radius 3 is 2.67 bits per heavy atom. The Hall–Kier alpha value is -1.89. The number of carbonyl (C=O) groups excluding carboxylic acids is 1. The molecule has 0 radical (unpaired) electrons. The molecule has 1 amide bonds. The van der Waals surface area contributed by atoms with Crippen LogP contribution in [0.4, 0.5) is 5.69 Å². The fourth-order valence-electron chi connectivity index (χ4n) is 1.92. The van der Waals surface area contributed by atoms with Crippen LogP contribution in [0.5, 0.6) is 5.75 Å². The molecule has 0 saturated heterocycles. The van der Waals surface area contributed by atoms with Crippen molar-refractivity contribution >= 4 is 52.5 Å². The van der Waals surface area contributed by atoms with Gasteiger partial charge in [-0.3, -0.25) is 4.79 Å². The molecule has 2 aromatic carbocycles. The highest BCUT2D eigenvalue weighted by atomic mass is 35.5. The zero-order valence-electron chi connectivity index (χ0n) is 12.5. The Labute approximate surface area is 152 Å². The van der Waals surface area contributed by atoms with Crippen molar-refractivity contribution in [3.05, 3.63) is 52.0 Å². The van der Waals surface area contributed by atoms with E-state index in [-0.39, 0.29) is 33.0 Å². The maximum absolute atomic E-state index is 12.1. The molecular weight excluding hydrogens is 373 g/mol.